The van der Waals surface area contributed by atoms with Gasteiger partial charge in [-0.2, -0.15) is 0 Å². The molecule has 1 atom stereocenters. The molecule has 1 aromatic rings. The van der Waals surface area contributed by atoms with Crippen LogP contribution in [0.15, 0.2) is 12.1 Å². The van der Waals surface area contributed by atoms with Crippen molar-refractivity contribution in [3.05, 3.63) is 28.0 Å². The number of morpholine rings is 1. The van der Waals surface area contributed by atoms with Gasteiger partial charge < -0.3 is 9.84 Å². The van der Waals surface area contributed by atoms with Gasteiger partial charge in [0.05, 0.1) is 19.3 Å². The van der Waals surface area contributed by atoms with E-state index in [4.69, 9.17) is 27.9 Å². The lowest BCUT2D eigenvalue weighted by molar-refractivity contribution is 0.00825. The molecule has 0 spiro atoms. The van der Waals surface area contributed by atoms with Gasteiger partial charge >= 0.3 is 0 Å². The molecule has 0 amide bonds. The monoisotopic (exact) mass is 333 g/mol. The van der Waals surface area contributed by atoms with Crippen LogP contribution in [0.2, 0.25) is 10.3 Å². The second-order valence-corrected chi connectivity index (χ2v) is 6.16. The number of hydrogen-bond acceptors (Lipinski definition) is 5. The fourth-order valence-electron chi connectivity index (χ4n) is 2.48. The van der Waals surface area contributed by atoms with Crippen LogP contribution < -0.4 is 0 Å². The number of pyridine rings is 1. The molecule has 1 aliphatic rings. The summed E-state index contributed by atoms with van der Waals surface area (Å²) in [6.07, 6.45) is -0.388. The highest BCUT2D eigenvalue weighted by molar-refractivity contribution is 6.32. The molecule has 0 aliphatic carbocycles. The molecule has 0 radical (unpaired) electrons. The van der Waals surface area contributed by atoms with Crippen molar-refractivity contribution in [1.29, 1.82) is 0 Å². The maximum absolute atomic E-state index is 10.2. The van der Waals surface area contributed by atoms with E-state index in [0.717, 1.165) is 31.9 Å². The first-order valence-electron chi connectivity index (χ1n) is 7.01. The fourth-order valence-corrected chi connectivity index (χ4v) is 2.99. The first kappa shape index (κ1) is 16.9. The summed E-state index contributed by atoms with van der Waals surface area (Å²) in [7, 11) is 1.96. The zero-order valence-corrected chi connectivity index (χ0v) is 13.6. The van der Waals surface area contributed by atoms with E-state index in [1.165, 1.54) is 0 Å². The van der Waals surface area contributed by atoms with Crippen LogP contribution in [0, 0.1) is 0 Å². The molecule has 7 heteroatoms. The van der Waals surface area contributed by atoms with Crippen molar-refractivity contribution in [3.63, 3.8) is 0 Å². The molecule has 0 saturated carbocycles. The zero-order chi connectivity index (χ0) is 15.2. The van der Waals surface area contributed by atoms with Gasteiger partial charge in [-0.05, 0) is 24.7 Å². The predicted octanol–water partition coefficient (Wildman–Crippen LogP) is 1.51. The molecular weight excluding hydrogens is 313 g/mol. The largest absolute Gasteiger partial charge is 0.390 e. The van der Waals surface area contributed by atoms with Crippen LogP contribution in [0.4, 0.5) is 0 Å². The molecule has 5 nitrogen and oxygen atoms in total. The van der Waals surface area contributed by atoms with E-state index in [1.807, 2.05) is 11.9 Å². The quantitative estimate of drug-likeness (QED) is 0.800. The van der Waals surface area contributed by atoms with Crippen LogP contribution in [-0.4, -0.2) is 72.4 Å². The predicted molar refractivity (Wildman–Crippen MR) is 83.9 cm³/mol. The molecule has 0 bridgehead atoms. The van der Waals surface area contributed by atoms with Gasteiger partial charge in [0.15, 0.2) is 0 Å². The maximum Gasteiger partial charge on any atom is 0.131 e. The van der Waals surface area contributed by atoms with Gasteiger partial charge in [0.2, 0.25) is 0 Å². The third-order valence-corrected chi connectivity index (χ3v) is 3.76. The number of halogens is 2. The second-order valence-electron chi connectivity index (χ2n) is 5.38. The van der Waals surface area contributed by atoms with Gasteiger partial charge in [-0.3, -0.25) is 9.80 Å². The third kappa shape index (κ3) is 6.06. The average Bonchev–Trinajstić information content (AvgIpc) is 2.37. The van der Waals surface area contributed by atoms with Crippen molar-refractivity contribution >= 4 is 23.2 Å². The van der Waals surface area contributed by atoms with E-state index in [2.05, 4.69) is 9.88 Å². The number of rotatable bonds is 6. The summed E-state index contributed by atoms with van der Waals surface area (Å²) in [6.45, 7) is 5.20. The summed E-state index contributed by atoms with van der Waals surface area (Å²) < 4.78 is 5.30. The molecule has 1 saturated heterocycles. The lowest BCUT2D eigenvalue weighted by Gasteiger charge is -2.30. The van der Waals surface area contributed by atoms with Crippen molar-refractivity contribution in [2.45, 2.75) is 12.6 Å². The Morgan fingerprint density at radius 3 is 2.57 bits per heavy atom. The van der Waals surface area contributed by atoms with Gasteiger partial charge in [-0.1, -0.05) is 23.2 Å². The Bertz CT molecular complexity index is 436. The van der Waals surface area contributed by atoms with Gasteiger partial charge in [0.1, 0.15) is 10.3 Å². The van der Waals surface area contributed by atoms with Crippen molar-refractivity contribution < 1.29 is 9.84 Å². The Morgan fingerprint density at radius 1 is 1.33 bits per heavy atom. The minimum absolute atomic E-state index is 0.388. The summed E-state index contributed by atoms with van der Waals surface area (Å²) >= 11 is 11.8. The number of aliphatic hydroxyl groups excluding tert-OH is 1. The first-order chi connectivity index (χ1) is 10.0. The smallest absolute Gasteiger partial charge is 0.131 e. The lowest BCUT2D eigenvalue weighted by atomic mass is 10.2. The summed E-state index contributed by atoms with van der Waals surface area (Å²) in [5.74, 6) is 0. The van der Waals surface area contributed by atoms with Gasteiger partial charge in [-0.15, -0.1) is 0 Å². The number of likely N-dealkylation sites (N-methyl/N-ethyl adjacent to an activating group) is 1. The molecular formula is C14H21Cl2N3O2. The van der Waals surface area contributed by atoms with Gasteiger partial charge in [0.25, 0.3) is 0 Å². The first-order valence-corrected chi connectivity index (χ1v) is 7.77. The van der Waals surface area contributed by atoms with E-state index in [-0.39, 0.29) is 6.10 Å². The van der Waals surface area contributed by atoms with Crippen LogP contribution in [-0.2, 0) is 11.3 Å². The molecule has 2 rings (SSSR count). The highest BCUT2D eigenvalue weighted by atomic mass is 35.5. The van der Waals surface area contributed by atoms with E-state index >= 15 is 0 Å². The number of aliphatic hydroxyl groups is 1. The van der Waals surface area contributed by atoms with E-state index < -0.39 is 0 Å². The molecule has 0 aromatic carbocycles. The topological polar surface area (TPSA) is 48.8 Å². The molecule has 1 aliphatic heterocycles. The van der Waals surface area contributed by atoms with Gasteiger partial charge in [-0.25, -0.2) is 4.98 Å². The minimum atomic E-state index is -0.388. The van der Waals surface area contributed by atoms with E-state index in [9.17, 15) is 5.11 Å². The molecule has 1 aromatic heterocycles. The van der Waals surface area contributed by atoms with Crippen LogP contribution in [0.5, 0.6) is 0 Å². The number of ether oxygens (including phenoxy) is 1. The maximum atomic E-state index is 10.2. The minimum Gasteiger partial charge on any atom is -0.390 e. The average molecular weight is 334 g/mol. The number of β-amino-alcohol motifs (C(OH)–C–C–N with tert-alkyl or cyclic N) is 1. The Kier molecular flexibility index (Phi) is 6.67. The zero-order valence-electron chi connectivity index (χ0n) is 12.1. The normalized spacial score (nSPS) is 18.1. The highest BCUT2D eigenvalue weighted by Crippen LogP contribution is 2.16. The van der Waals surface area contributed by atoms with Crippen molar-refractivity contribution in [3.8, 4) is 0 Å². The standard InChI is InChI=1S/C14H21Cl2N3O2/c1-18(8-11-6-13(15)17-14(16)7-11)9-12(20)10-19-2-4-21-5-3-19/h6-7,12,20H,2-5,8-10H2,1H3. The molecule has 2 heterocycles. The Balaban J connectivity index is 1.78. The van der Waals surface area contributed by atoms with Crippen LogP contribution in [0.1, 0.15) is 5.56 Å². The van der Waals surface area contributed by atoms with Crippen LogP contribution in [0.3, 0.4) is 0 Å². The van der Waals surface area contributed by atoms with Crippen LogP contribution in [0.25, 0.3) is 0 Å². The van der Waals surface area contributed by atoms with E-state index in [0.29, 0.717) is 29.9 Å². The molecule has 1 N–H and O–H groups in total. The Morgan fingerprint density at radius 2 is 1.95 bits per heavy atom. The van der Waals surface area contributed by atoms with Crippen molar-refractivity contribution in [2.75, 3.05) is 46.4 Å². The Labute approximate surface area is 135 Å². The highest BCUT2D eigenvalue weighted by Gasteiger charge is 2.16. The third-order valence-electron chi connectivity index (χ3n) is 3.37. The molecule has 118 valence electrons. The second kappa shape index (κ2) is 8.27. The van der Waals surface area contributed by atoms with E-state index in [1.54, 1.807) is 12.1 Å². The van der Waals surface area contributed by atoms with Gasteiger partial charge in [0, 0.05) is 32.7 Å². The Hall–Kier alpha value is -0.430. The summed E-state index contributed by atoms with van der Waals surface area (Å²) in [4.78, 5) is 8.20. The molecule has 1 unspecified atom stereocenters. The number of hydrogen-bond donors (Lipinski definition) is 1. The summed E-state index contributed by atoms with van der Waals surface area (Å²) in [5, 5.41) is 10.9. The summed E-state index contributed by atoms with van der Waals surface area (Å²) in [5.41, 5.74) is 0.987. The lowest BCUT2D eigenvalue weighted by Crippen LogP contribution is -2.43. The van der Waals surface area contributed by atoms with Crippen LogP contribution >= 0.6 is 23.2 Å². The number of nitrogens with zero attached hydrogens (tertiary/aromatic N) is 3. The number of aromatic nitrogens is 1. The fraction of sp³-hybridized carbons (Fsp3) is 0.643. The summed E-state index contributed by atoms with van der Waals surface area (Å²) in [6, 6.07) is 3.58. The SMILES string of the molecule is CN(Cc1cc(Cl)nc(Cl)c1)CC(O)CN1CCOCC1. The molecule has 1 fully saturated rings. The molecule has 21 heavy (non-hydrogen) atoms. The van der Waals surface area contributed by atoms with Crippen molar-refractivity contribution in [1.82, 2.24) is 14.8 Å². The van der Waals surface area contributed by atoms with Crippen molar-refractivity contribution in [2.24, 2.45) is 0 Å².